The lowest BCUT2D eigenvalue weighted by Crippen LogP contribution is -2.40. The molecule has 2 rings (SSSR count). The van der Waals surface area contributed by atoms with E-state index in [1.807, 2.05) is 6.92 Å². The zero-order valence-electron chi connectivity index (χ0n) is 10.0. The van der Waals surface area contributed by atoms with Crippen LogP contribution in [0, 0.1) is 5.92 Å². The van der Waals surface area contributed by atoms with Gasteiger partial charge < -0.3 is 5.73 Å². The number of aromatic nitrogens is 2. The first-order chi connectivity index (χ1) is 7.90. The first kappa shape index (κ1) is 12.4. The summed E-state index contributed by atoms with van der Waals surface area (Å²) in [6, 6.07) is -0.0478. The van der Waals surface area contributed by atoms with Crippen LogP contribution in [0.2, 0.25) is 0 Å². The molecule has 1 atom stereocenters. The summed E-state index contributed by atoms with van der Waals surface area (Å²) in [4.78, 5) is 0.0613. The normalized spacial score (nSPS) is 18.9. The van der Waals surface area contributed by atoms with Crippen molar-refractivity contribution < 1.29 is 8.42 Å². The van der Waals surface area contributed by atoms with Crippen LogP contribution in [0.3, 0.4) is 0 Å². The van der Waals surface area contributed by atoms with E-state index in [1.54, 1.807) is 7.05 Å². The number of aryl methyl sites for hydroxylation is 1. The highest BCUT2D eigenvalue weighted by Gasteiger charge is 2.29. The van der Waals surface area contributed by atoms with E-state index in [9.17, 15) is 8.42 Å². The third kappa shape index (κ3) is 2.44. The van der Waals surface area contributed by atoms with Gasteiger partial charge in [-0.2, -0.15) is 5.10 Å². The van der Waals surface area contributed by atoms with Crippen LogP contribution in [0.25, 0.3) is 0 Å². The maximum absolute atomic E-state index is 12.1. The number of nitrogen functional groups attached to an aromatic ring is 1. The van der Waals surface area contributed by atoms with Crippen LogP contribution in [-0.2, 0) is 17.1 Å². The Hall–Kier alpha value is -1.08. The van der Waals surface area contributed by atoms with Crippen molar-refractivity contribution >= 4 is 15.8 Å². The second kappa shape index (κ2) is 4.30. The van der Waals surface area contributed by atoms with Gasteiger partial charge in [0, 0.05) is 19.3 Å². The van der Waals surface area contributed by atoms with Gasteiger partial charge in [-0.05, 0) is 25.7 Å². The molecule has 1 aliphatic rings. The molecule has 0 aliphatic heterocycles. The van der Waals surface area contributed by atoms with Gasteiger partial charge in [-0.25, -0.2) is 13.1 Å². The summed E-state index contributed by atoms with van der Waals surface area (Å²) < 4.78 is 28.2. The Morgan fingerprint density at radius 2 is 2.24 bits per heavy atom. The topological polar surface area (TPSA) is 90.0 Å². The van der Waals surface area contributed by atoms with Crippen molar-refractivity contribution in [3.8, 4) is 0 Å². The number of nitrogens with one attached hydrogen (secondary N) is 1. The van der Waals surface area contributed by atoms with Crippen molar-refractivity contribution in [3.05, 3.63) is 6.20 Å². The fourth-order valence-electron chi connectivity index (χ4n) is 2.04. The average Bonchev–Trinajstić information content (AvgIpc) is 2.41. The molecule has 1 unspecified atom stereocenters. The molecular weight excluding hydrogens is 240 g/mol. The molecule has 1 aromatic heterocycles. The minimum Gasteiger partial charge on any atom is -0.381 e. The maximum atomic E-state index is 12.1. The van der Waals surface area contributed by atoms with Gasteiger partial charge in [-0.3, -0.25) is 4.68 Å². The Bertz CT molecular complexity index is 504. The number of nitrogens with two attached hydrogens (primary N) is 1. The van der Waals surface area contributed by atoms with E-state index in [2.05, 4.69) is 9.82 Å². The van der Waals surface area contributed by atoms with Gasteiger partial charge in [-0.15, -0.1) is 0 Å². The molecule has 7 heteroatoms. The largest absolute Gasteiger partial charge is 0.381 e. The van der Waals surface area contributed by atoms with Crippen LogP contribution in [0.1, 0.15) is 26.2 Å². The van der Waals surface area contributed by atoms with Gasteiger partial charge in [0.05, 0.1) is 0 Å². The van der Waals surface area contributed by atoms with E-state index >= 15 is 0 Å². The minimum atomic E-state index is -3.55. The number of anilines is 1. The fourth-order valence-corrected chi connectivity index (χ4v) is 3.45. The smallest absolute Gasteiger partial charge is 0.246 e. The van der Waals surface area contributed by atoms with Crippen molar-refractivity contribution in [1.82, 2.24) is 14.5 Å². The summed E-state index contributed by atoms with van der Waals surface area (Å²) in [5.41, 5.74) is 5.57. The highest BCUT2D eigenvalue weighted by Crippen LogP contribution is 2.30. The molecule has 1 saturated carbocycles. The number of rotatable bonds is 4. The maximum Gasteiger partial charge on any atom is 0.246 e. The molecule has 6 nitrogen and oxygen atoms in total. The van der Waals surface area contributed by atoms with Gasteiger partial charge in [0.1, 0.15) is 4.90 Å². The minimum absolute atomic E-state index is 0.0424. The Morgan fingerprint density at radius 3 is 2.65 bits per heavy atom. The van der Waals surface area contributed by atoms with Gasteiger partial charge in [0.25, 0.3) is 0 Å². The fraction of sp³-hybridized carbons (Fsp3) is 0.700. The zero-order valence-corrected chi connectivity index (χ0v) is 10.9. The number of nitrogens with zero attached hydrogens (tertiary/aromatic N) is 2. The summed E-state index contributed by atoms with van der Waals surface area (Å²) in [5.74, 6) is 0.489. The number of sulfonamides is 1. The summed E-state index contributed by atoms with van der Waals surface area (Å²) in [5, 5.41) is 3.84. The third-order valence-corrected chi connectivity index (χ3v) is 4.89. The van der Waals surface area contributed by atoms with Crippen molar-refractivity contribution in [2.75, 3.05) is 5.73 Å². The van der Waals surface area contributed by atoms with Crippen LogP contribution in [-0.4, -0.2) is 24.2 Å². The summed E-state index contributed by atoms with van der Waals surface area (Å²) in [6.07, 6.45) is 4.79. The predicted octanol–water partition coefficient (Wildman–Crippen LogP) is 0.469. The highest BCUT2D eigenvalue weighted by atomic mass is 32.2. The SMILES string of the molecule is CC(NS(=O)(=O)c1cn(C)nc1N)C1CCC1. The second-order valence-corrected chi connectivity index (χ2v) is 6.34. The van der Waals surface area contributed by atoms with Gasteiger partial charge >= 0.3 is 0 Å². The Balaban J connectivity index is 2.15. The van der Waals surface area contributed by atoms with Crippen LogP contribution >= 0.6 is 0 Å². The molecule has 17 heavy (non-hydrogen) atoms. The third-order valence-electron chi connectivity index (χ3n) is 3.31. The number of hydrogen-bond acceptors (Lipinski definition) is 4. The van der Waals surface area contributed by atoms with E-state index in [0.29, 0.717) is 5.92 Å². The van der Waals surface area contributed by atoms with Crippen molar-refractivity contribution in [2.24, 2.45) is 13.0 Å². The number of hydrogen-bond donors (Lipinski definition) is 2. The van der Waals surface area contributed by atoms with E-state index in [4.69, 9.17) is 5.73 Å². The van der Waals surface area contributed by atoms with Gasteiger partial charge in [0.2, 0.25) is 10.0 Å². The molecule has 0 spiro atoms. The van der Waals surface area contributed by atoms with Gasteiger partial charge in [0.15, 0.2) is 5.82 Å². The van der Waals surface area contributed by atoms with E-state index in [1.165, 1.54) is 17.3 Å². The van der Waals surface area contributed by atoms with Crippen LogP contribution in [0.5, 0.6) is 0 Å². The molecule has 0 aromatic carbocycles. The molecule has 1 heterocycles. The Kier molecular flexibility index (Phi) is 3.13. The highest BCUT2D eigenvalue weighted by molar-refractivity contribution is 7.89. The summed E-state index contributed by atoms with van der Waals surface area (Å²) in [6.45, 7) is 1.90. The molecular formula is C10H18N4O2S. The molecule has 3 N–H and O–H groups in total. The van der Waals surface area contributed by atoms with Crippen molar-refractivity contribution in [2.45, 2.75) is 37.1 Å². The molecule has 1 fully saturated rings. The lowest BCUT2D eigenvalue weighted by Gasteiger charge is -2.31. The molecule has 0 radical (unpaired) electrons. The second-order valence-electron chi connectivity index (χ2n) is 4.65. The monoisotopic (exact) mass is 258 g/mol. The average molecular weight is 258 g/mol. The van der Waals surface area contributed by atoms with Crippen LogP contribution in [0.4, 0.5) is 5.82 Å². The van der Waals surface area contributed by atoms with E-state index in [-0.39, 0.29) is 16.8 Å². The van der Waals surface area contributed by atoms with E-state index < -0.39 is 10.0 Å². The standard InChI is InChI=1S/C10H18N4O2S/c1-7(8-4-3-5-8)13-17(15,16)9-6-14(2)12-10(9)11/h6-8,13H,3-5H2,1-2H3,(H2,11,12). The first-order valence-electron chi connectivity index (χ1n) is 5.71. The van der Waals surface area contributed by atoms with Crippen LogP contribution in [0.15, 0.2) is 11.1 Å². The quantitative estimate of drug-likeness (QED) is 0.821. The first-order valence-corrected chi connectivity index (χ1v) is 7.20. The Labute approximate surface area is 101 Å². The molecule has 1 aliphatic carbocycles. The zero-order chi connectivity index (χ0) is 12.6. The van der Waals surface area contributed by atoms with Crippen molar-refractivity contribution in [3.63, 3.8) is 0 Å². The molecule has 96 valence electrons. The van der Waals surface area contributed by atoms with Gasteiger partial charge in [-0.1, -0.05) is 6.42 Å². The summed E-state index contributed by atoms with van der Waals surface area (Å²) in [7, 11) is -1.91. The molecule has 0 amide bonds. The lowest BCUT2D eigenvalue weighted by molar-refractivity contribution is 0.260. The molecule has 0 saturated heterocycles. The van der Waals surface area contributed by atoms with Crippen LogP contribution < -0.4 is 10.5 Å². The van der Waals surface area contributed by atoms with Crippen molar-refractivity contribution in [1.29, 1.82) is 0 Å². The molecule has 1 aromatic rings. The lowest BCUT2D eigenvalue weighted by atomic mass is 9.81. The molecule has 0 bridgehead atoms. The van der Waals surface area contributed by atoms with E-state index in [0.717, 1.165) is 12.8 Å². The predicted molar refractivity (Wildman–Crippen MR) is 64.7 cm³/mol. The Morgan fingerprint density at radius 1 is 1.59 bits per heavy atom. The summed E-state index contributed by atoms with van der Waals surface area (Å²) >= 11 is 0.